The summed E-state index contributed by atoms with van der Waals surface area (Å²) in [5, 5.41) is 1.91. The van der Waals surface area contributed by atoms with Crippen LogP contribution in [0.4, 0.5) is 30.7 Å². The molecule has 6 nitrogen and oxygen atoms in total. The molecule has 1 amide bonds. The third-order valence-electron chi connectivity index (χ3n) is 7.99. The van der Waals surface area contributed by atoms with Crippen LogP contribution in [0.15, 0.2) is 66.2 Å². The third-order valence-corrected chi connectivity index (χ3v) is 7.99. The number of ether oxygens (including phenoxy) is 2. The Balaban J connectivity index is 1.31. The highest BCUT2D eigenvalue weighted by atomic mass is 19.4. The minimum Gasteiger partial charge on any atom is -0.488 e. The lowest BCUT2D eigenvalue weighted by Crippen LogP contribution is -2.45. The molecule has 1 N–H and O–H groups in total. The van der Waals surface area contributed by atoms with Crippen LogP contribution >= 0.6 is 0 Å². The molecule has 0 aromatic heterocycles. The number of halogens is 7. The molecule has 1 saturated carbocycles. The molecule has 1 aliphatic carbocycles. The molecule has 1 aliphatic heterocycles. The topological polar surface area (TPSA) is 67.9 Å². The molecule has 0 spiro atoms. The van der Waals surface area contributed by atoms with Crippen molar-refractivity contribution in [3.05, 3.63) is 106 Å². The van der Waals surface area contributed by atoms with Gasteiger partial charge in [-0.25, -0.2) is 18.0 Å². The number of carbonyl (C=O) groups excluding carboxylic acids is 2. The average Bonchev–Trinajstić information content (AvgIpc) is 3.87. The highest BCUT2D eigenvalue weighted by Gasteiger charge is 2.40. The van der Waals surface area contributed by atoms with Crippen LogP contribution < -0.4 is 10.1 Å². The molecule has 1 fully saturated rings. The van der Waals surface area contributed by atoms with Gasteiger partial charge in [0, 0.05) is 19.6 Å². The van der Waals surface area contributed by atoms with Crippen LogP contribution in [0.5, 0.6) is 5.75 Å². The van der Waals surface area contributed by atoms with Crippen molar-refractivity contribution in [2.24, 2.45) is 0 Å². The number of benzene rings is 3. The summed E-state index contributed by atoms with van der Waals surface area (Å²) in [5.41, 5.74) is 3.10. The normalized spacial score (nSPS) is 16.1. The van der Waals surface area contributed by atoms with E-state index in [0.29, 0.717) is 48.6 Å². The molecule has 47 heavy (non-hydrogen) atoms. The van der Waals surface area contributed by atoms with E-state index in [4.69, 9.17) is 9.47 Å². The van der Waals surface area contributed by atoms with Crippen molar-refractivity contribution in [3.8, 4) is 5.75 Å². The first-order chi connectivity index (χ1) is 22.4. The van der Waals surface area contributed by atoms with Gasteiger partial charge in [-0.05, 0) is 78.6 Å². The maximum Gasteiger partial charge on any atom is 0.471 e. The second-order valence-corrected chi connectivity index (χ2v) is 11.4. The highest BCUT2D eigenvalue weighted by molar-refractivity contribution is 5.98. The Bertz CT molecular complexity index is 1620. The summed E-state index contributed by atoms with van der Waals surface area (Å²) in [6, 6.07) is 13.2. The first-order valence-corrected chi connectivity index (χ1v) is 15.0. The van der Waals surface area contributed by atoms with Gasteiger partial charge in [-0.1, -0.05) is 36.4 Å². The Hall–Kier alpha value is -4.39. The number of amides is 1. The molecule has 250 valence electrons. The van der Waals surface area contributed by atoms with Crippen LogP contribution in [0.25, 0.3) is 5.57 Å². The highest BCUT2D eigenvalue weighted by Crippen LogP contribution is 2.35. The maximum absolute atomic E-state index is 13.8. The van der Waals surface area contributed by atoms with Gasteiger partial charge in [0.25, 0.3) is 0 Å². The SMILES string of the molecule is O=C(OC1CC1)C1=C(c2ccc(CCCOc3c(F)ccc(F)c3F)cc2)CCN(C(CNC(=O)C(F)(F)F)c2ccc(F)cc2)C1. The Morgan fingerprint density at radius 2 is 1.60 bits per heavy atom. The van der Waals surface area contributed by atoms with Gasteiger partial charge in [0.15, 0.2) is 17.4 Å². The van der Waals surface area contributed by atoms with Crippen molar-refractivity contribution in [1.29, 1.82) is 0 Å². The van der Waals surface area contributed by atoms with Crippen molar-refractivity contribution in [3.63, 3.8) is 0 Å². The number of nitrogens with one attached hydrogen (secondary N) is 1. The van der Waals surface area contributed by atoms with Crippen LogP contribution in [0.2, 0.25) is 0 Å². The molecule has 0 bridgehead atoms. The second-order valence-electron chi connectivity index (χ2n) is 11.4. The molecule has 1 heterocycles. The Labute approximate surface area is 266 Å². The number of alkyl halides is 3. The predicted molar refractivity (Wildman–Crippen MR) is 157 cm³/mol. The molecule has 1 atom stereocenters. The smallest absolute Gasteiger partial charge is 0.471 e. The molecule has 5 rings (SSSR count). The molecular weight excluding hydrogens is 633 g/mol. The van der Waals surface area contributed by atoms with Crippen molar-refractivity contribution in [2.45, 2.75) is 50.4 Å². The van der Waals surface area contributed by atoms with Crippen LogP contribution in [0, 0.1) is 23.3 Å². The van der Waals surface area contributed by atoms with Crippen molar-refractivity contribution in [1.82, 2.24) is 10.2 Å². The zero-order valence-electron chi connectivity index (χ0n) is 25.0. The van der Waals surface area contributed by atoms with E-state index in [-0.39, 0.29) is 19.3 Å². The predicted octanol–water partition coefficient (Wildman–Crippen LogP) is 6.84. The fourth-order valence-electron chi connectivity index (χ4n) is 5.36. The van der Waals surface area contributed by atoms with Gasteiger partial charge >= 0.3 is 18.1 Å². The zero-order chi connectivity index (χ0) is 33.7. The molecule has 3 aromatic rings. The molecule has 3 aromatic carbocycles. The van der Waals surface area contributed by atoms with E-state index in [2.05, 4.69) is 0 Å². The van der Waals surface area contributed by atoms with Gasteiger partial charge in [0.05, 0.1) is 18.2 Å². The lowest BCUT2D eigenvalue weighted by atomic mass is 9.90. The summed E-state index contributed by atoms with van der Waals surface area (Å²) in [7, 11) is 0. The average molecular weight is 665 g/mol. The standard InChI is InChI=1S/C34H31F7N2O4/c35-23-9-7-22(8-10-23)29(18-42-33(45)34(39,40)41)43-16-15-25(26(19-43)32(44)47-24-11-12-24)21-5-3-20(4-6-21)2-1-17-46-31-28(37)14-13-27(36)30(31)38/h3-10,13-14,24,29H,1-2,11-12,15-19H2,(H,42,45). The first kappa shape index (κ1) is 34.0. The van der Waals surface area contributed by atoms with Gasteiger partial charge in [0.1, 0.15) is 11.9 Å². The Morgan fingerprint density at radius 1 is 0.915 bits per heavy atom. The zero-order valence-corrected chi connectivity index (χ0v) is 25.0. The van der Waals surface area contributed by atoms with E-state index in [1.54, 1.807) is 4.90 Å². The summed E-state index contributed by atoms with van der Waals surface area (Å²) in [6.07, 6.45) is -2.64. The van der Waals surface area contributed by atoms with E-state index < -0.39 is 59.7 Å². The van der Waals surface area contributed by atoms with E-state index in [9.17, 15) is 40.3 Å². The van der Waals surface area contributed by atoms with Gasteiger partial charge in [0.2, 0.25) is 5.82 Å². The minimum absolute atomic E-state index is 0.0110. The van der Waals surface area contributed by atoms with Crippen molar-refractivity contribution < 1.29 is 49.8 Å². The number of carbonyl (C=O) groups is 2. The van der Waals surface area contributed by atoms with Gasteiger partial charge in [-0.15, -0.1) is 0 Å². The van der Waals surface area contributed by atoms with E-state index in [1.165, 1.54) is 24.3 Å². The fraction of sp³-hybridized carbons (Fsp3) is 0.353. The van der Waals surface area contributed by atoms with E-state index >= 15 is 0 Å². The molecule has 0 saturated heterocycles. The van der Waals surface area contributed by atoms with Gasteiger partial charge in [-0.2, -0.15) is 17.6 Å². The van der Waals surface area contributed by atoms with Gasteiger partial charge in [-0.3, -0.25) is 9.69 Å². The van der Waals surface area contributed by atoms with Crippen LogP contribution in [-0.2, 0) is 20.7 Å². The number of rotatable bonds is 12. The van der Waals surface area contributed by atoms with Crippen molar-refractivity contribution >= 4 is 17.4 Å². The largest absolute Gasteiger partial charge is 0.488 e. The van der Waals surface area contributed by atoms with Crippen LogP contribution in [-0.4, -0.2) is 55.3 Å². The lowest BCUT2D eigenvalue weighted by molar-refractivity contribution is -0.173. The van der Waals surface area contributed by atoms with Crippen LogP contribution in [0.1, 0.15) is 48.4 Å². The monoisotopic (exact) mass is 664 g/mol. The Kier molecular flexibility index (Phi) is 10.5. The molecule has 0 radical (unpaired) electrons. The Morgan fingerprint density at radius 3 is 2.26 bits per heavy atom. The summed E-state index contributed by atoms with van der Waals surface area (Å²) >= 11 is 0. The van der Waals surface area contributed by atoms with Crippen LogP contribution in [0.3, 0.4) is 0 Å². The lowest BCUT2D eigenvalue weighted by Gasteiger charge is -2.37. The van der Waals surface area contributed by atoms with E-state index in [1.807, 2.05) is 29.6 Å². The maximum atomic E-state index is 13.8. The van der Waals surface area contributed by atoms with Crippen molar-refractivity contribution in [2.75, 3.05) is 26.2 Å². The summed E-state index contributed by atoms with van der Waals surface area (Å²) < 4.78 is 104. The molecule has 1 unspecified atom stereocenters. The summed E-state index contributed by atoms with van der Waals surface area (Å²) in [5.74, 6) is -7.55. The number of esters is 1. The van der Waals surface area contributed by atoms with Gasteiger partial charge < -0.3 is 14.8 Å². The number of hydrogen-bond donors (Lipinski definition) is 1. The second kappa shape index (κ2) is 14.6. The fourth-order valence-corrected chi connectivity index (χ4v) is 5.36. The summed E-state index contributed by atoms with van der Waals surface area (Å²) in [4.78, 5) is 26.7. The van der Waals surface area contributed by atoms with E-state index in [0.717, 1.165) is 30.0 Å². The number of hydrogen-bond acceptors (Lipinski definition) is 5. The quantitative estimate of drug-likeness (QED) is 0.0995. The summed E-state index contributed by atoms with van der Waals surface area (Å²) in [6.45, 7) is -0.167. The molecule has 2 aliphatic rings. The molecular formula is C34H31F7N2O4. The minimum atomic E-state index is -5.09. The molecule has 13 heteroatoms. The first-order valence-electron chi connectivity index (χ1n) is 15.0. The number of aryl methyl sites for hydroxylation is 1. The third kappa shape index (κ3) is 8.70. The number of nitrogens with zero attached hydrogens (tertiary/aromatic N) is 1.